The van der Waals surface area contributed by atoms with E-state index in [9.17, 15) is 21.6 Å². The number of rotatable bonds is 6. The number of nitrogens with two attached hydrogens (primary N) is 1. The average molecular weight is 463 g/mol. The van der Waals surface area contributed by atoms with Crippen LogP contribution in [0.25, 0.3) is 0 Å². The molecule has 0 amide bonds. The Morgan fingerprint density at radius 3 is 2.42 bits per heavy atom. The first kappa shape index (κ1) is 22.9. The Labute approximate surface area is 181 Å². The van der Waals surface area contributed by atoms with Gasteiger partial charge in [0.1, 0.15) is 10.6 Å². The van der Waals surface area contributed by atoms with E-state index in [1.54, 1.807) is 0 Å². The van der Waals surface area contributed by atoms with Crippen molar-refractivity contribution in [3.63, 3.8) is 0 Å². The quantitative estimate of drug-likeness (QED) is 0.512. The molecule has 1 aliphatic rings. The Balaban J connectivity index is 1.87. The van der Waals surface area contributed by atoms with Crippen LogP contribution in [0.3, 0.4) is 0 Å². The number of primary sulfonamides is 1. The predicted octanol–water partition coefficient (Wildman–Crippen LogP) is 1.94. The molecule has 1 heterocycles. The van der Waals surface area contributed by atoms with Crippen LogP contribution < -0.4 is 9.88 Å². The fourth-order valence-electron chi connectivity index (χ4n) is 3.36. The number of aromatic nitrogens is 1. The van der Waals surface area contributed by atoms with Gasteiger partial charge in [-0.1, -0.05) is 30.9 Å². The second-order valence-electron chi connectivity index (χ2n) is 7.20. The number of hydrogen-bond acceptors (Lipinski definition) is 7. The average Bonchev–Trinajstić information content (AvgIpc) is 3.25. The molecule has 1 aromatic carbocycles. The maximum atomic E-state index is 12.7. The zero-order valence-electron chi connectivity index (χ0n) is 16.9. The van der Waals surface area contributed by atoms with Gasteiger partial charge in [0, 0.05) is 17.7 Å². The van der Waals surface area contributed by atoms with Gasteiger partial charge in [-0.2, -0.15) is 0 Å². The predicted molar refractivity (Wildman–Crippen MR) is 114 cm³/mol. The van der Waals surface area contributed by atoms with Crippen molar-refractivity contribution in [1.82, 2.24) is 4.98 Å². The van der Waals surface area contributed by atoms with E-state index < -0.39 is 41.2 Å². The highest BCUT2D eigenvalue weighted by Gasteiger charge is 2.27. The number of pyridine rings is 1. The molecule has 0 atom stereocenters. The van der Waals surface area contributed by atoms with Gasteiger partial charge in [0.15, 0.2) is 27.1 Å². The molecule has 0 radical (unpaired) electrons. The highest BCUT2D eigenvalue weighted by molar-refractivity contribution is 7.94. The molecule has 31 heavy (non-hydrogen) atoms. The van der Waals surface area contributed by atoms with Crippen LogP contribution in [-0.2, 0) is 19.9 Å². The van der Waals surface area contributed by atoms with E-state index in [1.807, 2.05) is 0 Å². The van der Waals surface area contributed by atoms with Crippen molar-refractivity contribution >= 4 is 25.6 Å². The standard InChI is InChI=1S/C21H22N2O6S2/c1-29-19-12-16(13-23-17(19)11-10-15-6-2-3-7-15)18(24)14-30(25,26)20-8-4-5-9-21(20)31(22,27)28/h4-5,8-9,12-13,15H,2-3,6-7,14H2,1H3,(H2,22,27,28). The number of hydrogen-bond donors (Lipinski definition) is 1. The zero-order chi connectivity index (χ0) is 22.6. The maximum Gasteiger partial charge on any atom is 0.239 e. The summed E-state index contributed by atoms with van der Waals surface area (Å²) < 4.78 is 54.2. The fourth-order valence-corrected chi connectivity index (χ4v) is 6.04. The number of carbonyl (C=O) groups is 1. The minimum absolute atomic E-state index is 0.0138. The lowest BCUT2D eigenvalue weighted by Gasteiger charge is -2.09. The van der Waals surface area contributed by atoms with Gasteiger partial charge in [0.25, 0.3) is 0 Å². The van der Waals surface area contributed by atoms with E-state index in [4.69, 9.17) is 9.88 Å². The summed E-state index contributed by atoms with van der Waals surface area (Å²) in [5, 5.41) is 5.11. The molecule has 2 aromatic rings. The molecule has 0 unspecified atom stereocenters. The molecule has 1 fully saturated rings. The zero-order valence-corrected chi connectivity index (χ0v) is 18.5. The van der Waals surface area contributed by atoms with E-state index in [0.717, 1.165) is 37.8 Å². The molecule has 10 heteroatoms. The minimum Gasteiger partial charge on any atom is -0.494 e. The van der Waals surface area contributed by atoms with Gasteiger partial charge in [0.2, 0.25) is 10.0 Å². The molecule has 0 bridgehead atoms. The monoisotopic (exact) mass is 462 g/mol. The molecule has 2 N–H and O–H groups in total. The third-order valence-corrected chi connectivity index (χ3v) is 7.72. The summed E-state index contributed by atoms with van der Waals surface area (Å²) in [7, 11) is -7.15. The lowest BCUT2D eigenvalue weighted by Crippen LogP contribution is -2.21. The van der Waals surface area contributed by atoms with Crippen molar-refractivity contribution < 1.29 is 26.4 Å². The van der Waals surface area contributed by atoms with Crippen molar-refractivity contribution in [2.75, 3.05) is 12.9 Å². The highest BCUT2D eigenvalue weighted by atomic mass is 32.2. The molecule has 164 valence electrons. The number of Topliss-reactive ketones (excluding diaryl/α,β-unsaturated/α-hetero) is 1. The number of benzene rings is 1. The molecule has 3 rings (SSSR count). The lowest BCUT2D eigenvalue weighted by atomic mass is 10.1. The first-order valence-corrected chi connectivity index (χ1v) is 12.7. The number of sulfonamides is 1. The van der Waals surface area contributed by atoms with Gasteiger partial charge >= 0.3 is 0 Å². The first-order valence-electron chi connectivity index (χ1n) is 9.55. The Morgan fingerprint density at radius 2 is 1.81 bits per heavy atom. The van der Waals surface area contributed by atoms with Crippen molar-refractivity contribution in [3.05, 3.63) is 47.8 Å². The second kappa shape index (κ2) is 9.18. The van der Waals surface area contributed by atoms with Crippen LogP contribution in [0.1, 0.15) is 41.7 Å². The third-order valence-electron chi connectivity index (χ3n) is 4.96. The molecular formula is C21H22N2O6S2. The SMILES string of the molecule is COc1cc(C(=O)CS(=O)(=O)c2ccccc2S(N)(=O)=O)cnc1C#CC1CCCC1. The Hall–Kier alpha value is -2.74. The van der Waals surface area contributed by atoms with Gasteiger partial charge in [-0.15, -0.1) is 0 Å². The van der Waals surface area contributed by atoms with E-state index in [1.165, 1.54) is 31.5 Å². The van der Waals surface area contributed by atoms with E-state index in [2.05, 4.69) is 16.8 Å². The number of carbonyl (C=O) groups excluding carboxylic acids is 1. The van der Waals surface area contributed by atoms with Crippen LogP contribution in [0.5, 0.6) is 5.75 Å². The summed E-state index contributed by atoms with van der Waals surface area (Å²) in [5.41, 5.74) is 0.383. The van der Waals surface area contributed by atoms with Crippen LogP contribution in [-0.4, -0.2) is 40.5 Å². The Kier molecular flexibility index (Phi) is 6.79. The van der Waals surface area contributed by atoms with Crippen LogP contribution in [0, 0.1) is 17.8 Å². The molecule has 1 aliphatic carbocycles. The molecule has 0 spiro atoms. The number of nitrogens with zero attached hydrogens (tertiary/aromatic N) is 1. The molecule has 1 aromatic heterocycles. The van der Waals surface area contributed by atoms with Crippen LogP contribution in [0.2, 0.25) is 0 Å². The van der Waals surface area contributed by atoms with Gasteiger partial charge in [0.05, 0.1) is 12.0 Å². The lowest BCUT2D eigenvalue weighted by molar-refractivity contribution is 0.102. The van der Waals surface area contributed by atoms with Crippen molar-refractivity contribution in [3.8, 4) is 17.6 Å². The number of methoxy groups -OCH3 is 1. The topological polar surface area (TPSA) is 133 Å². The normalized spacial score (nSPS) is 14.6. The van der Waals surface area contributed by atoms with Crippen molar-refractivity contribution in [2.24, 2.45) is 11.1 Å². The summed E-state index contributed by atoms with van der Waals surface area (Å²) in [4.78, 5) is 15.7. The summed E-state index contributed by atoms with van der Waals surface area (Å²) >= 11 is 0. The highest BCUT2D eigenvalue weighted by Crippen LogP contribution is 2.25. The Bertz CT molecular complexity index is 1270. The van der Waals surface area contributed by atoms with Crippen LogP contribution in [0.15, 0.2) is 46.3 Å². The summed E-state index contributed by atoms with van der Waals surface area (Å²) in [6.45, 7) is 0. The van der Waals surface area contributed by atoms with Crippen molar-refractivity contribution in [1.29, 1.82) is 0 Å². The molecule has 1 saturated carbocycles. The van der Waals surface area contributed by atoms with E-state index >= 15 is 0 Å². The smallest absolute Gasteiger partial charge is 0.239 e. The van der Waals surface area contributed by atoms with E-state index in [-0.39, 0.29) is 11.3 Å². The molecule has 0 aliphatic heterocycles. The van der Waals surface area contributed by atoms with Crippen LogP contribution in [0.4, 0.5) is 0 Å². The van der Waals surface area contributed by atoms with Gasteiger partial charge in [-0.25, -0.2) is 27.0 Å². The number of sulfone groups is 1. The molecule has 0 saturated heterocycles. The molecular weight excluding hydrogens is 440 g/mol. The summed E-state index contributed by atoms with van der Waals surface area (Å²) in [6.07, 6.45) is 5.64. The maximum absolute atomic E-state index is 12.7. The third kappa shape index (κ3) is 5.50. The fraction of sp³-hybridized carbons (Fsp3) is 0.333. The van der Waals surface area contributed by atoms with Gasteiger partial charge < -0.3 is 4.74 Å². The molecule has 8 nitrogen and oxygen atoms in total. The summed E-state index contributed by atoms with van der Waals surface area (Å²) in [5.74, 6) is 5.01. The Morgan fingerprint density at radius 1 is 1.16 bits per heavy atom. The minimum atomic E-state index is -4.28. The van der Waals surface area contributed by atoms with Gasteiger partial charge in [-0.05, 0) is 37.0 Å². The van der Waals surface area contributed by atoms with Crippen molar-refractivity contribution in [2.45, 2.75) is 35.5 Å². The second-order valence-corrected chi connectivity index (χ2v) is 10.7. The largest absolute Gasteiger partial charge is 0.494 e. The summed E-state index contributed by atoms with van der Waals surface area (Å²) in [6, 6.07) is 6.27. The first-order chi connectivity index (χ1) is 14.6. The van der Waals surface area contributed by atoms with Gasteiger partial charge in [-0.3, -0.25) is 4.79 Å². The number of ether oxygens (including phenoxy) is 1. The van der Waals surface area contributed by atoms with E-state index in [0.29, 0.717) is 11.6 Å². The van der Waals surface area contributed by atoms with Crippen LogP contribution >= 0.6 is 0 Å². The number of ketones is 1.